The number of likely N-dealkylation sites (tertiary alicyclic amines) is 1. The van der Waals surface area contributed by atoms with Crippen LogP contribution in [0.3, 0.4) is 0 Å². The Balaban J connectivity index is 1.87. The Labute approximate surface area is 157 Å². The lowest BCUT2D eigenvalue weighted by Gasteiger charge is -2.26. The van der Waals surface area contributed by atoms with Crippen LogP contribution >= 0.6 is 0 Å². The lowest BCUT2D eigenvalue weighted by molar-refractivity contribution is -0.130. The van der Waals surface area contributed by atoms with Crippen LogP contribution in [0.15, 0.2) is 23.2 Å². The molecule has 144 valence electrons. The molecule has 6 heteroatoms. The second kappa shape index (κ2) is 10.7. The third-order valence-electron chi connectivity index (χ3n) is 4.55. The topological polar surface area (TPSA) is 66.0 Å². The Morgan fingerprint density at radius 2 is 2.00 bits per heavy atom. The van der Waals surface area contributed by atoms with Gasteiger partial charge in [-0.25, -0.2) is 4.99 Å². The molecule has 1 heterocycles. The minimum Gasteiger partial charge on any atom is -0.496 e. The number of rotatable bonds is 7. The number of carbonyl (C=O) groups is 1. The second-order valence-corrected chi connectivity index (χ2v) is 6.63. The summed E-state index contributed by atoms with van der Waals surface area (Å²) in [6.45, 7) is 7.52. The van der Waals surface area contributed by atoms with E-state index in [0.717, 1.165) is 51.2 Å². The van der Waals surface area contributed by atoms with E-state index in [1.165, 1.54) is 17.5 Å². The van der Waals surface area contributed by atoms with Crippen molar-refractivity contribution in [3.8, 4) is 5.75 Å². The standard InChI is InChI=1S/C20H32N4O2/c1-4-21-20(23-15-19(25)24-12-6-5-7-13-24)22-11-10-17-14-16(2)8-9-18(17)26-3/h8-9,14H,4-7,10-13,15H2,1-3H3,(H2,21,22,23). The van der Waals surface area contributed by atoms with Gasteiger partial charge in [-0.2, -0.15) is 0 Å². The monoisotopic (exact) mass is 360 g/mol. The first-order valence-corrected chi connectivity index (χ1v) is 9.57. The predicted molar refractivity (Wildman–Crippen MR) is 106 cm³/mol. The van der Waals surface area contributed by atoms with Gasteiger partial charge in [0.1, 0.15) is 12.3 Å². The highest BCUT2D eigenvalue weighted by atomic mass is 16.5. The molecule has 2 N–H and O–H groups in total. The molecule has 0 aliphatic carbocycles. The SMILES string of the molecule is CCNC(=NCC(=O)N1CCCCC1)NCCc1cc(C)ccc1OC. The molecule has 0 aromatic heterocycles. The Hall–Kier alpha value is -2.24. The van der Waals surface area contributed by atoms with Gasteiger partial charge in [0.15, 0.2) is 5.96 Å². The second-order valence-electron chi connectivity index (χ2n) is 6.63. The molecule has 0 radical (unpaired) electrons. The maximum absolute atomic E-state index is 12.3. The van der Waals surface area contributed by atoms with E-state index < -0.39 is 0 Å². The largest absolute Gasteiger partial charge is 0.496 e. The van der Waals surface area contributed by atoms with Gasteiger partial charge in [0.2, 0.25) is 5.91 Å². The number of hydrogen-bond donors (Lipinski definition) is 2. The minimum atomic E-state index is 0.113. The van der Waals surface area contributed by atoms with Gasteiger partial charge in [-0.05, 0) is 51.2 Å². The van der Waals surface area contributed by atoms with Gasteiger partial charge in [0, 0.05) is 26.2 Å². The molecule has 0 unspecified atom stereocenters. The van der Waals surface area contributed by atoms with Crippen LogP contribution in [0.5, 0.6) is 5.75 Å². The molecule has 26 heavy (non-hydrogen) atoms. The number of nitrogens with one attached hydrogen (secondary N) is 2. The van der Waals surface area contributed by atoms with E-state index in [1.807, 2.05) is 24.0 Å². The van der Waals surface area contributed by atoms with Crippen molar-refractivity contribution < 1.29 is 9.53 Å². The zero-order chi connectivity index (χ0) is 18.8. The number of aliphatic imine (C=N–C) groups is 1. The first-order valence-electron chi connectivity index (χ1n) is 9.57. The first kappa shape index (κ1) is 20.1. The zero-order valence-corrected chi connectivity index (χ0v) is 16.3. The fourth-order valence-corrected chi connectivity index (χ4v) is 3.15. The van der Waals surface area contributed by atoms with E-state index in [1.54, 1.807) is 7.11 Å². The molecule has 1 aliphatic rings. The summed E-state index contributed by atoms with van der Waals surface area (Å²) < 4.78 is 5.43. The summed E-state index contributed by atoms with van der Waals surface area (Å²) in [5.74, 6) is 1.70. The molecular weight excluding hydrogens is 328 g/mol. The van der Waals surface area contributed by atoms with Gasteiger partial charge >= 0.3 is 0 Å². The first-order chi connectivity index (χ1) is 12.6. The van der Waals surface area contributed by atoms with E-state index in [0.29, 0.717) is 5.96 Å². The van der Waals surface area contributed by atoms with Crippen LogP contribution in [0.2, 0.25) is 0 Å². The Bertz CT molecular complexity index is 610. The summed E-state index contributed by atoms with van der Waals surface area (Å²) in [5.41, 5.74) is 2.38. The number of piperidine rings is 1. The normalized spacial score (nSPS) is 14.9. The van der Waals surface area contributed by atoms with Crippen LogP contribution in [-0.2, 0) is 11.2 Å². The maximum Gasteiger partial charge on any atom is 0.244 e. The van der Waals surface area contributed by atoms with Gasteiger partial charge in [-0.15, -0.1) is 0 Å². The lowest BCUT2D eigenvalue weighted by Crippen LogP contribution is -2.41. The number of guanidine groups is 1. The van der Waals surface area contributed by atoms with Gasteiger partial charge < -0.3 is 20.3 Å². The molecule has 0 saturated carbocycles. The predicted octanol–water partition coefficient (Wildman–Crippen LogP) is 2.11. The summed E-state index contributed by atoms with van der Waals surface area (Å²) in [4.78, 5) is 18.6. The number of ether oxygens (including phenoxy) is 1. The van der Waals surface area contributed by atoms with Crippen molar-refractivity contribution in [3.63, 3.8) is 0 Å². The van der Waals surface area contributed by atoms with E-state index >= 15 is 0 Å². The van der Waals surface area contributed by atoms with Crippen LogP contribution < -0.4 is 15.4 Å². The van der Waals surface area contributed by atoms with Crippen molar-refractivity contribution in [1.29, 1.82) is 0 Å². The highest BCUT2D eigenvalue weighted by Gasteiger charge is 2.15. The molecule has 1 saturated heterocycles. The van der Waals surface area contributed by atoms with Crippen molar-refractivity contribution in [2.24, 2.45) is 4.99 Å². The van der Waals surface area contributed by atoms with E-state index in [2.05, 4.69) is 28.6 Å². The number of benzene rings is 1. The molecule has 1 amide bonds. The smallest absolute Gasteiger partial charge is 0.244 e. The summed E-state index contributed by atoms with van der Waals surface area (Å²) >= 11 is 0. The summed E-state index contributed by atoms with van der Waals surface area (Å²) in [7, 11) is 1.69. The molecule has 0 bridgehead atoms. The lowest BCUT2D eigenvalue weighted by atomic mass is 10.1. The number of carbonyl (C=O) groups excluding carboxylic acids is 1. The average Bonchev–Trinajstić information content (AvgIpc) is 2.66. The maximum atomic E-state index is 12.3. The number of aryl methyl sites for hydroxylation is 1. The fraction of sp³-hybridized carbons (Fsp3) is 0.600. The highest BCUT2D eigenvalue weighted by Crippen LogP contribution is 2.19. The van der Waals surface area contributed by atoms with Crippen molar-refractivity contribution in [2.75, 3.05) is 39.8 Å². The van der Waals surface area contributed by atoms with Gasteiger partial charge in [-0.1, -0.05) is 17.7 Å². The van der Waals surface area contributed by atoms with E-state index in [9.17, 15) is 4.79 Å². The molecule has 1 aliphatic heterocycles. The summed E-state index contributed by atoms with van der Waals surface area (Å²) in [6.07, 6.45) is 4.26. The molecular formula is C20H32N4O2. The van der Waals surface area contributed by atoms with Crippen LogP contribution in [0.1, 0.15) is 37.3 Å². The van der Waals surface area contributed by atoms with Crippen molar-refractivity contribution in [1.82, 2.24) is 15.5 Å². The molecule has 0 spiro atoms. The molecule has 0 atom stereocenters. The minimum absolute atomic E-state index is 0.113. The van der Waals surface area contributed by atoms with Crippen molar-refractivity contribution in [3.05, 3.63) is 29.3 Å². The van der Waals surface area contributed by atoms with Crippen molar-refractivity contribution >= 4 is 11.9 Å². The van der Waals surface area contributed by atoms with Crippen molar-refractivity contribution in [2.45, 2.75) is 39.5 Å². The average molecular weight is 361 g/mol. The Kier molecular flexibility index (Phi) is 8.25. The Morgan fingerprint density at radius 1 is 1.23 bits per heavy atom. The fourth-order valence-electron chi connectivity index (χ4n) is 3.15. The number of methoxy groups -OCH3 is 1. The molecule has 1 aromatic rings. The van der Waals surface area contributed by atoms with Crippen LogP contribution in [0.4, 0.5) is 0 Å². The van der Waals surface area contributed by atoms with Crippen LogP contribution in [0, 0.1) is 6.92 Å². The van der Waals surface area contributed by atoms with E-state index in [4.69, 9.17) is 4.74 Å². The molecule has 2 rings (SSSR count). The summed E-state index contributed by atoms with van der Waals surface area (Å²) in [6, 6.07) is 6.19. The molecule has 1 aromatic carbocycles. The van der Waals surface area contributed by atoms with Crippen LogP contribution in [-0.4, -0.2) is 56.6 Å². The highest BCUT2D eigenvalue weighted by molar-refractivity contribution is 5.85. The van der Waals surface area contributed by atoms with Crippen LogP contribution in [0.25, 0.3) is 0 Å². The molecule has 1 fully saturated rings. The number of hydrogen-bond acceptors (Lipinski definition) is 3. The van der Waals surface area contributed by atoms with Gasteiger partial charge in [-0.3, -0.25) is 4.79 Å². The number of amides is 1. The quantitative estimate of drug-likeness (QED) is 0.577. The van der Waals surface area contributed by atoms with Gasteiger partial charge in [0.25, 0.3) is 0 Å². The third kappa shape index (κ3) is 6.24. The number of nitrogens with zero attached hydrogens (tertiary/aromatic N) is 2. The van der Waals surface area contributed by atoms with Gasteiger partial charge in [0.05, 0.1) is 7.11 Å². The van der Waals surface area contributed by atoms with E-state index in [-0.39, 0.29) is 12.5 Å². The third-order valence-corrected chi connectivity index (χ3v) is 4.55. The Morgan fingerprint density at radius 3 is 2.69 bits per heavy atom. The molecule has 6 nitrogen and oxygen atoms in total. The zero-order valence-electron chi connectivity index (χ0n) is 16.3. The summed E-state index contributed by atoms with van der Waals surface area (Å²) in [5, 5.41) is 6.51.